The minimum atomic E-state index is -3.51. The summed E-state index contributed by atoms with van der Waals surface area (Å²) in [5, 5.41) is 0. The van der Waals surface area contributed by atoms with Gasteiger partial charge < -0.3 is 9.64 Å². The summed E-state index contributed by atoms with van der Waals surface area (Å²) in [5.74, 6) is -0.820. The zero-order valence-electron chi connectivity index (χ0n) is 14.9. The molecule has 0 radical (unpaired) electrons. The fraction of sp³-hybridized carbons (Fsp3) is 0.556. The highest BCUT2D eigenvalue weighted by molar-refractivity contribution is 7.89. The number of sulfonamides is 1. The molecule has 2 heterocycles. The third kappa shape index (κ3) is 3.91. The van der Waals surface area contributed by atoms with Crippen LogP contribution in [0.3, 0.4) is 0 Å². The molecule has 142 valence electrons. The van der Waals surface area contributed by atoms with Gasteiger partial charge in [-0.25, -0.2) is 13.2 Å². The first kappa shape index (κ1) is 18.8. The normalized spacial score (nSPS) is 19.5. The molecule has 0 spiro atoms. The van der Waals surface area contributed by atoms with Crippen molar-refractivity contribution in [2.75, 3.05) is 26.2 Å². The van der Waals surface area contributed by atoms with Gasteiger partial charge in [0.15, 0.2) is 6.10 Å². The standard InChI is InChI=1S/C18H24N2O5S/c1-14(17(21)19-10-2-3-11-19)25-18(22)15-6-8-16(9-7-15)26(23,24)20-12-4-5-13-20/h6-9,14H,2-5,10-13H2,1H3/t14-/m0/s1. The van der Waals surface area contributed by atoms with Crippen LogP contribution in [0.1, 0.15) is 43.0 Å². The van der Waals surface area contributed by atoms with Gasteiger partial charge in [-0.05, 0) is 56.9 Å². The topological polar surface area (TPSA) is 84.0 Å². The number of benzene rings is 1. The number of rotatable bonds is 5. The van der Waals surface area contributed by atoms with Gasteiger partial charge in [0.05, 0.1) is 10.5 Å². The fourth-order valence-electron chi connectivity index (χ4n) is 3.31. The maximum absolute atomic E-state index is 12.5. The monoisotopic (exact) mass is 380 g/mol. The highest BCUT2D eigenvalue weighted by Gasteiger charge is 2.28. The highest BCUT2D eigenvalue weighted by atomic mass is 32.2. The van der Waals surface area contributed by atoms with E-state index in [1.807, 2.05) is 0 Å². The SMILES string of the molecule is C[C@H](OC(=O)c1ccc(S(=O)(=O)N2CCCC2)cc1)C(=O)N1CCCC1. The molecule has 0 unspecified atom stereocenters. The van der Waals surface area contributed by atoms with E-state index in [0.717, 1.165) is 25.7 Å². The first-order valence-electron chi connectivity index (χ1n) is 8.99. The van der Waals surface area contributed by atoms with Crippen molar-refractivity contribution < 1.29 is 22.7 Å². The molecule has 0 N–H and O–H groups in total. The fourth-order valence-corrected chi connectivity index (χ4v) is 4.83. The molecular weight excluding hydrogens is 356 g/mol. The Labute approximate surface area is 154 Å². The van der Waals surface area contributed by atoms with E-state index in [1.165, 1.54) is 28.6 Å². The summed E-state index contributed by atoms with van der Waals surface area (Å²) in [4.78, 5) is 26.3. The molecular formula is C18H24N2O5S. The number of likely N-dealkylation sites (tertiary alicyclic amines) is 1. The van der Waals surface area contributed by atoms with Crippen molar-refractivity contribution in [2.24, 2.45) is 0 Å². The van der Waals surface area contributed by atoms with Crippen molar-refractivity contribution in [1.82, 2.24) is 9.21 Å². The van der Waals surface area contributed by atoms with E-state index in [-0.39, 0.29) is 16.4 Å². The zero-order valence-corrected chi connectivity index (χ0v) is 15.7. The molecule has 2 fully saturated rings. The molecule has 1 aromatic rings. The van der Waals surface area contributed by atoms with Crippen LogP contribution in [-0.4, -0.2) is 61.8 Å². The molecule has 0 bridgehead atoms. The van der Waals surface area contributed by atoms with Gasteiger partial charge in [-0.3, -0.25) is 4.79 Å². The van der Waals surface area contributed by atoms with Crippen LogP contribution < -0.4 is 0 Å². The largest absolute Gasteiger partial charge is 0.449 e. The van der Waals surface area contributed by atoms with Crippen LogP contribution in [0, 0.1) is 0 Å². The number of amides is 1. The smallest absolute Gasteiger partial charge is 0.338 e. The number of hydrogen-bond acceptors (Lipinski definition) is 5. The molecule has 26 heavy (non-hydrogen) atoms. The van der Waals surface area contributed by atoms with Crippen molar-refractivity contribution in [3.05, 3.63) is 29.8 Å². The van der Waals surface area contributed by atoms with Gasteiger partial charge in [0, 0.05) is 26.2 Å². The van der Waals surface area contributed by atoms with Gasteiger partial charge in [0.2, 0.25) is 10.0 Å². The predicted molar refractivity (Wildman–Crippen MR) is 95.1 cm³/mol. The summed E-state index contributed by atoms with van der Waals surface area (Å²) in [6.45, 7) is 4.02. The van der Waals surface area contributed by atoms with Crippen molar-refractivity contribution in [3.63, 3.8) is 0 Å². The van der Waals surface area contributed by atoms with Crippen LogP contribution in [0.2, 0.25) is 0 Å². The number of esters is 1. The van der Waals surface area contributed by atoms with Gasteiger partial charge >= 0.3 is 5.97 Å². The van der Waals surface area contributed by atoms with Crippen LogP contribution in [-0.2, 0) is 19.6 Å². The van der Waals surface area contributed by atoms with Crippen molar-refractivity contribution in [1.29, 1.82) is 0 Å². The average Bonchev–Trinajstić information content (AvgIpc) is 3.34. The van der Waals surface area contributed by atoms with Gasteiger partial charge in [0.1, 0.15) is 0 Å². The Balaban J connectivity index is 1.64. The van der Waals surface area contributed by atoms with E-state index in [4.69, 9.17) is 4.74 Å². The van der Waals surface area contributed by atoms with Crippen LogP contribution >= 0.6 is 0 Å². The summed E-state index contributed by atoms with van der Waals surface area (Å²) in [5.41, 5.74) is 0.228. The lowest BCUT2D eigenvalue weighted by Gasteiger charge is -2.20. The summed E-state index contributed by atoms with van der Waals surface area (Å²) in [7, 11) is -3.51. The van der Waals surface area contributed by atoms with Crippen molar-refractivity contribution in [2.45, 2.75) is 43.6 Å². The molecule has 1 amide bonds. The van der Waals surface area contributed by atoms with Crippen molar-refractivity contribution in [3.8, 4) is 0 Å². The highest BCUT2D eigenvalue weighted by Crippen LogP contribution is 2.21. The van der Waals surface area contributed by atoms with Gasteiger partial charge in [-0.2, -0.15) is 4.31 Å². The van der Waals surface area contributed by atoms with Crippen LogP contribution in [0.15, 0.2) is 29.2 Å². The van der Waals surface area contributed by atoms with Gasteiger partial charge in [0.25, 0.3) is 5.91 Å². The first-order valence-corrected chi connectivity index (χ1v) is 10.4. The van der Waals surface area contributed by atoms with E-state index in [9.17, 15) is 18.0 Å². The van der Waals surface area contributed by atoms with E-state index in [1.54, 1.807) is 11.8 Å². The number of nitrogens with zero attached hydrogens (tertiary/aromatic N) is 2. The van der Waals surface area contributed by atoms with Crippen LogP contribution in [0.25, 0.3) is 0 Å². The molecule has 0 aliphatic carbocycles. The maximum atomic E-state index is 12.5. The average molecular weight is 380 g/mol. The Morgan fingerprint density at radius 2 is 1.50 bits per heavy atom. The number of ether oxygens (including phenoxy) is 1. The van der Waals surface area contributed by atoms with E-state index in [0.29, 0.717) is 26.2 Å². The van der Waals surface area contributed by atoms with E-state index in [2.05, 4.69) is 0 Å². The first-order chi connectivity index (χ1) is 12.4. The molecule has 0 saturated carbocycles. The third-order valence-corrected chi connectivity index (χ3v) is 6.76. The summed E-state index contributed by atoms with van der Waals surface area (Å²) >= 11 is 0. The van der Waals surface area contributed by atoms with E-state index < -0.39 is 22.1 Å². The maximum Gasteiger partial charge on any atom is 0.338 e. The van der Waals surface area contributed by atoms with Crippen molar-refractivity contribution >= 4 is 21.9 Å². The second-order valence-electron chi connectivity index (χ2n) is 6.72. The lowest BCUT2D eigenvalue weighted by atomic mass is 10.2. The van der Waals surface area contributed by atoms with Crippen LogP contribution in [0.4, 0.5) is 0 Å². The molecule has 8 heteroatoms. The summed E-state index contributed by atoms with van der Waals surface area (Å²) < 4.78 is 31.7. The summed E-state index contributed by atoms with van der Waals surface area (Å²) in [6.07, 6.45) is 2.83. The molecule has 1 atom stereocenters. The minimum absolute atomic E-state index is 0.164. The molecule has 2 aliphatic heterocycles. The minimum Gasteiger partial charge on any atom is -0.449 e. The lowest BCUT2D eigenvalue weighted by Crippen LogP contribution is -2.38. The number of hydrogen-bond donors (Lipinski definition) is 0. The quantitative estimate of drug-likeness (QED) is 0.725. The van der Waals surface area contributed by atoms with Gasteiger partial charge in [-0.15, -0.1) is 0 Å². The molecule has 2 saturated heterocycles. The Bertz CT molecular complexity index is 763. The number of carbonyl (C=O) groups excluding carboxylic acids is 2. The van der Waals surface area contributed by atoms with E-state index >= 15 is 0 Å². The predicted octanol–water partition coefficient (Wildman–Crippen LogP) is 1.64. The van der Waals surface area contributed by atoms with Gasteiger partial charge in [-0.1, -0.05) is 0 Å². The Hall–Kier alpha value is -1.93. The molecule has 3 rings (SSSR count). The van der Waals surface area contributed by atoms with Crippen LogP contribution in [0.5, 0.6) is 0 Å². The molecule has 2 aliphatic rings. The summed E-state index contributed by atoms with van der Waals surface area (Å²) in [6, 6.07) is 5.69. The lowest BCUT2D eigenvalue weighted by molar-refractivity contribution is -0.138. The number of carbonyl (C=O) groups is 2. The zero-order chi connectivity index (χ0) is 18.7. The molecule has 1 aromatic carbocycles. The Morgan fingerprint density at radius 3 is 2.08 bits per heavy atom. The second-order valence-corrected chi connectivity index (χ2v) is 8.65. The Morgan fingerprint density at radius 1 is 0.962 bits per heavy atom. The second kappa shape index (κ2) is 7.75. The molecule has 0 aromatic heterocycles. The molecule has 7 nitrogen and oxygen atoms in total. The Kier molecular flexibility index (Phi) is 5.62. The third-order valence-electron chi connectivity index (χ3n) is 4.84.